The van der Waals surface area contributed by atoms with Gasteiger partial charge in [-0.1, -0.05) is 22.9 Å². The molecule has 0 aliphatic rings. The Morgan fingerprint density at radius 1 is 1.10 bits per heavy atom. The van der Waals surface area contributed by atoms with E-state index in [1.165, 1.54) is 28.9 Å². The number of nitrogens with one attached hydrogen (secondary N) is 1. The van der Waals surface area contributed by atoms with Gasteiger partial charge in [0.05, 0.1) is 28.2 Å². The molecule has 0 fully saturated rings. The second-order valence-electron chi connectivity index (χ2n) is 8.41. The van der Waals surface area contributed by atoms with E-state index in [-0.39, 0.29) is 12.2 Å². The third kappa shape index (κ3) is 7.10. The molecule has 1 amide bonds. The van der Waals surface area contributed by atoms with Gasteiger partial charge < -0.3 is 14.8 Å². The van der Waals surface area contributed by atoms with Gasteiger partial charge >= 0.3 is 0 Å². The standard InChI is InChI=1S/C28H25Br2FN4O4/c1-3-5-25-34-23-11-6-18(29)14-21(23)28(37)35(25)32-15-17-12-22(30)27(24(13-17)38-4-2)39-16-26(36)33-20-9-7-19(31)8-10-20/h6-15H,3-5,16H2,1-2H3,(H,33,36). The summed E-state index contributed by atoms with van der Waals surface area (Å²) in [5.74, 6) is 0.480. The minimum absolute atomic E-state index is 0.266. The van der Waals surface area contributed by atoms with E-state index in [1.54, 1.807) is 30.5 Å². The Morgan fingerprint density at radius 3 is 2.59 bits per heavy atom. The van der Waals surface area contributed by atoms with Crippen LogP contribution in [0.25, 0.3) is 10.9 Å². The van der Waals surface area contributed by atoms with Crippen LogP contribution < -0.4 is 20.3 Å². The first-order valence-corrected chi connectivity index (χ1v) is 13.8. The van der Waals surface area contributed by atoms with Crippen LogP contribution in [0.3, 0.4) is 0 Å². The summed E-state index contributed by atoms with van der Waals surface area (Å²) in [4.78, 5) is 30.3. The highest BCUT2D eigenvalue weighted by atomic mass is 79.9. The zero-order valence-electron chi connectivity index (χ0n) is 21.2. The van der Waals surface area contributed by atoms with Crippen molar-refractivity contribution in [3.8, 4) is 11.5 Å². The number of ether oxygens (including phenoxy) is 2. The minimum atomic E-state index is -0.417. The van der Waals surface area contributed by atoms with Gasteiger partial charge in [-0.15, -0.1) is 0 Å². The predicted molar refractivity (Wildman–Crippen MR) is 157 cm³/mol. The molecule has 0 spiro atoms. The number of aromatic nitrogens is 2. The Morgan fingerprint density at radius 2 is 1.87 bits per heavy atom. The fourth-order valence-corrected chi connectivity index (χ4v) is 4.69. The van der Waals surface area contributed by atoms with Crippen molar-refractivity contribution in [3.63, 3.8) is 0 Å². The molecule has 0 aliphatic carbocycles. The molecule has 1 aromatic heterocycles. The van der Waals surface area contributed by atoms with Crippen LogP contribution in [-0.4, -0.2) is 35.0 Å². The number of hydrogen-bond acceptors (Lipinski definition) is 6. The van der Waals surface area contributed by atoms with Crippen molar-refractivity contribution >= 4 is 60.6 Å². The van der Waals surface area contributed by atoms with Crippen LogP contribution in [0.5, 0.6) is 11.5 Å². The maximum atomic E-state index is 13.3. The highest BCUT2D eigenvalue weighted by Gasteiger charge is 2.15. The third-order valence-electron chi connectivity index (χ3n) is 5.48. The Bertz CT molecular complexity index is 1590. The van der Waals surface area contributed by atoms with Crippen LogP contribution in [0.4, 0.5) is 10.1 Å². The Hall–Kier alpha value is -3.57. The molecule has 8 nitrogen and oxygen atoms in total. The predicted octanol–water partition coefficient (Wildman–Crippen LogP) is 6.31. The summed E-state index contributed by atoms with van der Waals surface area (Å²) in [6.45, 7) is 3.90. The molecule has 0 saturated carbocycles. The second-order valence-corrected chi connectivity index (χ2v) is 10.2. The van der Waals surface area contributed by atoms with Crippen LogP contribution in [0.1, 0.15) is 31.7 Å². The van der Waals surface area contributed by atoms with Crippen LogP contribution in [0.15, 0.2) is 73.4 Å². The number of benzene rings is 3. The Labute approximate surface area is 241 Å². The van der Waals surface area contributed by atoms with E-state index < -0.39 is 11.7 Å². The third-order valence-corrected chi connectivity index (χ3v) is 6.56. The number of carbonyl (C=O) groups excluding carboxylic acids is 1. The lowest BCUT2D eigenvalue weighted by molar-refractivity contribution is -0.118. The number of fused-ring (bicyclic) bond motifs is 1. The van der Waals surface area contributed by atoms with E-state index in [2.05, 4.69) is 47.3 Å². The van der Waals surface area contributed by atoms with Crippen molar-refractivity contribution in [3.05, 3.63) is 91.1 Å². The summed E-state index contributed by atoms with van der Waals surface area (Å²) < 4.78 is 27.2. The molecule has 4 rings (SSSR count). The molecular weight excluding hydrogens is 635 g/mol. The van der Waals surface area contributed by atoms with Gasteiger partial charge in [0.2, 0.25) is 0 Å². The van der Waals surface area contributed by atoms with Gasteiger partial charge in [0.15, 0.2) is 18.1 Å². The fourth-order valence-electron chi connectivity index (χ4n) is 3.76. The molecule has 0 atom stereocenters. The maximum Gasteiger partial charge on any atom is 0.282 e. The molecule has 0 aliphatic heterocycles. The normalized spacial score (nSPS) is 11.2. The van der Waals surface area contributed by atoms with Crippen LogP contribution in [0.2, 0.25) is 0 Å². The smallest absolute Gasteiger partial charge is 0.282 e. The molecule has 202 valence electrons. The lowest BCUT2D eigenvalue weighted by Gasteiger charge is -2.15. The van der Waals surface area contributed by atoms with E-state index in [0.29, 0.717) is 57.0 Å². The topological polar surface area (TPSA) is 94.8 Å². The molecular formula is C28H25Br2FN4O4. The van der Waals surface area contributed by atoms with E-state index in [4.69, 9.17) is 9.47 Å². The molecule has 39 heavy (non-hydrogen) atoms. The summed E-state index contributed by atoms with van der Waals surface area (Å²) >= 11 is 6.90. The quantitative estimate of drug-likeness (QED) is 0.201. The maximum absolute atomic E-state index is 13.3. The van der Waals surface area contributed by atoms with Crippen LogP contribution in [-0.2, 0) is 11.2 Å². The summed E-state index contributed by atoms with van der Waals surface area (Å²) in [5, 5.41) is 7.57. The van der Waals surface area contributed by atoms with Crippen LogP contribution in [0, 0.1) is 5.82 Å². The average molecular weight is 660 g/mol. The molecule has 11 heteroatoms. The van der Waals surface area contributed by atoms with E-state index in [1.807, 2.05) is 19.9 Å². The SMILES string of the molecule is CCCc1nc2ccc(Br)cc2c(=O)n1N=Cc1cc(Br)c(OCC(=O)Nc2ccc(F)cc2)c(OCC)c1. The number of amides is 1. The van der Waals surface area contributed by atoms with Crippen molar-refractivity contribution in [2.45, 2.75) is 26.7 Å². The number of hydrogen-bond donors (Lipinski definition) is 1. The molecule has 0 radical (unpaired) electrons. The molecule has 0 unspecified atom stereocenters. The van der Waals surface area contributed by atoms with Gasteiger partial charge in [-0.3, -0.25) is 9.59 Å². The van der Waals surface area contributed by atoms with E-state index in [0.717, 1.165) is 10.9 Å². The van der Waals surface area contributed by atoms with Gasteiger partial charge in [-0.2, -0.15) is 9.78 Å². The first kappa shape index (κ1) is 28.4. The number of aryl methyl sites for hydroxylation is 1. The van der Waals surface area contributed by atoms with Crippen molar-refractivity contribution in [1.82, 2.24) is 9.66 Å². The number of carbonyl (C=O) groups is 1. The van der Waals surface area contributed by atoms with Gasteiger partial charge in [0.1, 0.15) is 11.6 Å². The van der Waals surface area contributed by atoms with Crippen molar-refractivity contribution < 1.29 is 18.7 Å². The van der Waals surface area contributed by atoms with E-state index in [9.17, 15) is 14.0 Å². The van der Waals surface area contributed by atoms with Crippen molar-refractivity contribution in [2.24, 2.45) is 5.10 Å². The molecule has 0 saturated heterocycles. The van der Waals surface area contributed by atoms with Crippen LogP contribution >= 0.6 is 31.9 Å². The monoisotopic (exact) mass is 658 g/mol. The second kappa shape index (κ2) is 13.0. The van der Waals surface area contributed by atoms with Crippen molar-refractivity contribution in [2.75, 3.05) is 18.5 Å². The number of nitrogens with zero attached hydrogens (tertiary/aromatic N) is 3. The number of anilines is 1. The largest absolute Gasteiger partial charge is 0.490 e. The minimum Gasteiger partial charge on any atom is -0.490 e. The summed E-state index contributed by atoms with van der Waals surface area (Å²) in [6, 6.07) is 14.3. The molecule has 0 bridgehead atoms. The highest BCUT2D eigenvalue weighted by molar-refractivity contribution is 9.10. The number of rotatable bonds is 10. The summed E-state index contributed by atoms with van der Waals surface area (Å²) in [5.41, 5.74) is 1.44. The average Bonchev–Trinajstić information content (AvgIpc) is 2.90. The lowest BCUT2D eigenvalue weighted by Crippen LogP contribution is -2.22. The molecule has 1 N–H and O–H groups in total. The summed E-state index contributed by atoms with van der Waals surface area (Å²) in [7, 11) is 0. The molecule has 3 aromatic carbocycles. The summed E-state index contributed by atoms with van der Waals surface area (Å²) in [6.07, 6.45) is 2.93. The van der Waals surface area contributed by atoms with Crippen molar-refractivity contribution in [1.29, 1.82) is 0 Å². The number of halogens is 3. The van der Waals surface area contributed by atoms with Gasteiger partial charge in [0.25, 0.3) is 11.5 Å². The highest BCUT2D eigenvalue weighted by Crippen LogP contribution is 2.36. The zero-order chi connectivity index (χ0) is 27.9. The lowest BCUT2D eigenvalue weighted by atomic mass is 10.2. The Balaban J connectivity index is 1.59. The molecule has 1 heterocycles. The van der Waals surface area contributed by atoms with E-state index >= 15 is 0 Å². The van der Waals surface area contributed by atoms with Gasteiger partial charge in [-0.25, -0.2) is 9.37 Å². The Kier molecular flexibility index (Phi) is 9.47. The first-order valence-electron chi connectivity index (χ1n) is 12.2. The first-order chi connectivity index (χ1) is 18.8. The van der Waals surface area contributed by atoms with Gasteiger partial charge in [-0.05, 0) is 89.4 Å². The zero-order valence-corrected chi connectivity index (χ0v) is 24.4. The van der Waals surface area contributed by atoms with Gasteiger partial charge in [0, 0.05) is 16.6 Å². The fraction of sp³-hybridized carbons (Fsp3) is 0.214. The molecule has 4 aromatic rings.